The first-order valence-electron chi connectivity index (χ1n) is 6.81. The van der Waals surface area contributed by atoms with Gasteiger partial charge in [-0.25, -0.2) is 8.42 Å². The SMILES string of the molecule is CCCNc1ccncc1S(=O)(=O)N(CC)C1CC1. The number of pyridine rings is 1. The Bertz CT molecular complexity index is 526. The average molecular weight is 283 g/mol. The Labute approximate surface area is 115 Å². The molecule has 1 aliphatic carbocycles. The second-order valence-electron chi connectivity index (χ2n) is 4.74. The summed E-state index contributed by atoms with van der Waals surface area (Å²) in [6, 6.07) is 1.90. The third kappa shape index (κ3) is 3.06. The van der Waals surface area contributed by atoms with Crippen LogP contribution in [0.15, 0.2) is 23.4 Å². The van der Waals surface area contributed by atoms with E-state index in [0.29, 0.717) is 12.2 Å². The van der Waals surface area contributed by atoms with Crippen LogP contribution in [0.1, 0.15) is 33.1 Å². The summed E-state index contributed by atoms with van der Waals surface area (Å²) < 4.78 is 26.9. The maximum Gasteiger partial charge on any atom is 0.246 e. The van der Waals surface area contributed by atoms with Crippen molar-refractivity contribution >= 4 is 15.7 Å². The van der Waals surface area contributed by atoms with Gasteiger partial charge in [0, 0.05) is 31.5 Å². The minimum absolute atomic E-state index is 0.175. The van der Waals surface area contributed by atoms with Crippen LogP contribution in [0.3, 0.4) is 0 Å². The van der Waals surface area contributed by atoms with Crippen LogP contribution in [-0.4, -0.2) is 36.8 Å². The third-order valence-electron chi connectivity index (χ3n) is 3.20. The fourth-order valence-electron chi connectivity index (χ4n) is 2.10. The van der Waals surface area contributed by atoms with E-state index in [1.807, 2.05) is 13.8 Å². The van der Waals surface area contributed by atoms with Crippen molar-refractivity contribution in [2.75, 3.05) is 18.4 Å². The Morgan fingerprint density at radius 2 is 2.16 bits per heavy atom. The summed E-state index contributed by atoms with van der Waals surface area (Å²) in [7, 11) is -3.44. The van der Waals surface area contributed by atoms with E-state index in [1.54, 1.807) is 16.6 Å². The molecule has 0 saturated heterocycles. The Balaban J connectivity index is 2.33. The summed E-state index contributed by atoms with van der Waals surface area (Å²) >= 11 is 0. The molecule has 1 fully saturated rings. The monoisotopic (exact) mass is 283 g/mol. The smallest absolute Gasteiger partial charge is 0.246 e. The number of rotatable bonds is 7. The van der Waals surface area contributed by atoms with Crippen molar-refractivity contribution in [2.24, 2.45) is 0 Å². The molecule has 0 bridgehead atoms. The van der Waals surface area contributed by atoms with Gasteiger partial charge in [-0.05, 0) is 25.3 Å². The number of aromatic nitrogens is 1. The molecule has 0 radical (unpaired) electrons. The number of hydrogen-bond donors (Lipinski definition) is 1. The summed E-state index contributed by atoms with van der Waals surface area (Å²) in [5, 5.41) is 3.16. The van der Waals surface area contributed by atoms with Gasteiger partial charge in [-0.15, -0.1) is 0 Å². The highest BCUT2D eigenvalue weighted by molar-refractivity contribution is 7.89. The lowest BCUT2D eigenvalue weighted by molar-refractivity contribution is 0.421. The van der Waals surface area contributed by atoms with Crippen LogP contribution >= 0.6 is 0 Å². The van der Waals surface area contributed by atoms with Gasteiger partial charge in [0.25, 0.3) is 0 Å². The molecular weight excluding hydrogens is 262 g/mol. The van der Waals surface area contributed by atoms with E-state index in [2.05, 4.69) is 10.3 Å². The zero-order chi connectivity index (χ0) is 13.9. The molecule has 0 amide bonds. The third-order valence-corrected chi connectivity index (χ3v) is 5.26. The molecule has 19 heavy (non-hydrogen) atoms. The lowest BCUT2D eigenvalue weighted by Crippen LogP contribution is -2.33. The zero-order valence-corrected chi connectivity index (χ0v) is 12.3. The maximum absolute atomic E-state index is 12.7. The lowest BCUT2D eigenvalue weighted by Gasteiger charge is -2.21. The standard InChI is InChI=1S/C13H21N3O2S/c1-3-8-15-12-7-9-14-10-13(12)19(17,18)16(4-2)11-5-6-11/h7,9-11H,3-6,8H2,1-2H3,(H,14,15). The van der Waals surface area contributed by atoms with Gasteiger partial charge in [-0.3, -0.25) is 4.98 Å². The van der Waals surface area contributed by atoms with Gasteiger partial charge >= 0.3 is 0 Å². The normalized spacial score (nSPS) is 15.7. The maximum atomic E-state index is 12.7. The number of anilines is 1. The first kappa shape index (κ1) is 14.3. The van der Waals surface area contributed by atoms with Gasteiger partial charge in [-0.1, -0.05) is 13.8 Å². The molecule has 0 aromatic carbocycles. The van der Waals surface area contributed by atoms with Crippen molar-refractivity contribution in [1.82, 2.24) is 9.29 Å². The molecule has 0 spiro atoms. The van der Waals surface area contributed by atoms with E-state index in [4.69, 9.17) is 0 Å². The molecule has 0 unspecified atom stereocenters. The molecule has 0 aliphatic heterocycles. The number of hydrogen-bond acceptors (Lipinski definition) is 4. The highest BCUT2D eigenvalue weighted by Gasteiger charge is 2.37. The second-order valence-corrected chi connectivity index (χ2v) is 6.60. The molecule has 1 N–H and O–H groups in total. The van der Waals surface area contributed by atoms with E-state index in [0.717, 1.165) is 25.8 Å². The molecule has 0 atom stereocenters. The summed E-state index contributed by atoms with van der Waals surface area (Å²) in [6.07, 6.45) is 5.93. The Morgan fingerprint density at radius 3 is 2.74 bits per heavy atom. The van der Waals surface area contributed by atoms with Crippen LogP contribution < -0.4 is 5.32 Å². The Kier molecular flexibility index (Phi) is 4.42. The molecule has 2 rings (SSSR count). The topological polar surface area (TPSA) is 62.3 Å². The highest BCUT2D eigenvalue weighted by atomic mass is 32.2. The summed E-state index contributed by atoms with van der Waals surface area (Å²) in [5.41, 5.74) is 0.649. The lowest BCUT2D eigenvalue weighted by atomic mass is 10.4. The fraction of sp³-hybridized carbons (Fsp3) is 0.615. The van der Waals surface area contributed by atoms with Crippen molar-refractivity contribution in [1.29, 1.82) is 0 Å². The molecule has 106 valence electrons. The van der Waals surface area contributed by atoms with Gasteiger partial charge in [0.1, 0.15) is 4.90 Å². The second kappa shape index (κ2) is 5.88. The fourth-order valence-corrected chi connectivity index (χ4v) is 3.91. The zero-order valence-electron chi connectivity index (χ0n) is 11.5. The minimum Gasteiger partial charge on any atom is -0.384 e. The van der Waals surface area contributed by atoms with E-state index in [-0.39, 0.29) is 10.9 Å². The summed E-state index contributed by atoms with van der Waals surface area (Å²) in [6.45, 7) is 5.19. The molecule has 1 saturated carbocycles. The van der Waals surface area contributed by atoms with Crippen molar-refractivity contribution in [3.63, 3.8) is 0 Å². The van der Waals surface area contributed by atoms with Crippen LogP contribution in [0.2, 0.25) is 0 Å². The first-order chi connectivity index (χ1) is 9.11. The van der Waals surface area contributed by atoms with Crippen LogP contribution in [0.25, 0.3) is 0 Å². The first-order valence-corrected chi connectivity index (χ1v) is 8.25. The molecule has 1 aromatic rings. The molecule has 1 heterocycles. The predicted octanol–water partition coefficient (Wildman–Crippen LogP) is 2.08. The molecule has 1 aromatic heterocycles. The summed E-state index contributed by atoms with van der Waals surface area (Å²) in [4.78, 5) is 4.26. The molecule has 6 heteroatoms. The minimum atomic E-state index is -3.44. The Hall–Kier alpha value is -1.14. The number of nitrogens with one attached hydrogen (secondary N) is 1. The van der Waals surface area contributed by atoms with Gasteiger partial charge in [0.15, 0.2) is 0 Å². The number of sulfonamides is 1. The quantitative estimate of drug-likeness (QED) is 0.832. The molecule has 1 aliphatic rings. The average Bonchev–Trinajstić information content (AvgIpc) is 3.21. The van der Waals surface area contributed by atoms with Gasteiger partial charge in [0.2, 0.25) is 10.0 Å². The van der Waals surface area contributed by atoms with Gasteiger partial charge in [-0.2, -0.15) is 4.31 Å². The van der Waals surface area contributed by atoms with Gasteiger partial charge in [0.05, 0.1) is 5.69 Å². The van der Waals surface area contributed by atoms with Crippen LogP contribution in [0.5, 0.6) is 0 Å². The van der Waals surface area contributed by atoms with Gasteiger partial charge < -0.3 is 5.32 Å². The van der Waals surface area contributed by atoms with Crippen LogP contribution in [0, 0.1) is 0 Å². The van der Waals surface area contributed by atoms with Crippen LogP contribution in [-0.2, 0) is 10.0 Å². The van der Waals surface area contributed by atoms with Crippen molar-refractivity contribution in [3.05, 3.63) is 18.5 Å². The van der Waals surface area contributed by atoms with Crippen LogP contribution in [0.4, 0.5) is 5.69 Å². The largest absolute Gasteiger partial charge is 0.384 e. The van der Waals surface area contributed by atoms with Crippen molar-refractivity contribution in [2.45, 2.75) is 44.0 Å². The summed E-state index contributed by atoms with van der Waals surface area (Å²) in [5.74, 6) is 0. The molecule has 5 nitrogen and oxygen atoms in total. The highest BCUT2D eigenvalue weighted by Crippen LogP contribution is 2.33. The van der Waals surface area contributed by atoms with E-state index < -0.39 is 10.0 Å². The van der Waals surface area contributed by atoms with E-state index in [9.17, 15) is 8.42 Å². The molecular formula is C13H21N3O2S. The van der Waals surface area contributed by atoms with E-state index in [1.165, 1.54) is 6.20 Å². The van der Waals surface area contributed by atoms with Crippen molar-refractivity contribution < 1.29 is 8.42 Å². The van der Waals surface area contributed by atoms with Crippen molar-refractivity contribution in [3.8, 4) is 0 Å². The Morgan fingerprint density at radius 1 is 1.42 bits per heavy atom. The number of nitrogens with zero attached hydrogens (tertiary/aromatic N) is 2. The van der Waals surface area contributed by atoms with E-state index >= 15 is 0 Å². The predicted molar refractivity (Wildman–Crippen MR) is 75.6 cm³/mol.